The van der Waals surface area contributed by atoms with Crippen molar-refractivity contribution in [2.24, 2.45) is 0 Å². The molecule has 3 heterocycles. The lowest BCUT2D eigenvalue weighted by Crippen LogP contribution is -3.00. The third kappa shape index (κ3) is 3.47. The van der Waals surface area contributed by atoms with Gasteiger partial charge in [-0.1, -0.05) is 0 Å². The summed E-state index contributed by atoms with van der Waals surface area (Å²) in [7, 11) is 0. The number of hydrogen-bond donors (Lipinski definition) is 5. The van der Waals surface area contributed by atoms with Crippen molar-refractivity contribution in [1.82, 2.24) is 4.98 Å². The van der Waals surface area contributed by atoms with Crippen molar-refractivity contribution < 1.29 is 52.2 Å². The van der Waals surface area contributed by atoms with Crippen LogP contribution in [0.1, 0.15) is 17.4 Å². The van der Waals surface area contributed by atoms with Gasteiger partial charge in [-0.25, -0.2) is 0 Å². The van der Waals surface area contributed by atoms with Gasteiger partial charge in [0.05, 0.1) is 12.1 Å². The van der Waals surface area contributed by atoms with Gasteiger partial charge in [0, 0.05) is 27.7 Å². The number of aromatic nitrogens is 2. The number of aryl methyl sites for hydroxylation is 2. The lowest BCUT2D eigenvalue weighted by atomic mass is 9.96. The molecule has 1 fully saturated rings. The Hall–Kier alpha value is -2.27. The zero-order valence-corrected chi connectivity index (χ0v) is 18.6. The predicted octanol–water partition coefficient (Wildman–Crippen LogP) is -2.12. The molecule has 0 aliphatic carbocycles. The van der Waals surface area contributed by atoms with Gasteiger partial charge in [-0.05, 0) is 48.6 Å². The molecule has 166 valence electrons. The van der Waals surface area contributed by atoms with Crippen molar-refractivity contribution in [1.29, 1.82) is 0 Å². The van der Waals surface area contributed by atoms with E-state index in [2.05, 4.69) is 11.9 Å². The number of aromatic hydroxyl groups is 1. The van der Waals surface area contributed by atoms with E-state index in [9.17, 15) is 20.4 Å². The summed E-state index contributed by atoms with van der Waals surface area (Å²) in [5.74, 6) is 0.213. The Morgan fingerprint density at radius 2 is 1.74 bits per heavy atom. The number of aliphatic hydroxyl groups excluding tert-OH is 3. The van der Waals surface area contributed by atoms with Crippen LogP contribution in [0.3, 0.4) is 0 Å². The van der Waals surface area contributed by atoms with Gasteiger partial charge in [0.25, 0.3) is 6.23 Å². The second kappa shape index (κ2) is 8.34. The van der Waals surface area contributed by atoms with Crippen LogP contribution in [-0.2, 0) is 4.74 Å². The number of nitrogens with zero attached hydrogens (tertiary/aromatic N) is 1. The molecule has 1 saturated heterocycles. The number of halogens is 1. The quantitative estimate of drug-likeness (QED) is 0.193. The van der Waals surface area contributed by atoms with Crippen LogP contribution in [-0.4, -0.2) is 55.8 Å². The van der Waals surface area contributed by atoms with Gasteiger partial charge in [0.1, 0.15) is 18.0 Å². The van der Waals surface area contributed by atoms with E-state index in [1.54, 1.807) is 16.7 Å². The molecule has 2 aromatic heterocycles. The first-order valence-corrected chi connectivity index (χ1v) is 9.60. The molecule has 4 atom stereocenters. The van der Waals surface area contributed by atoms with Crippen LogP contribution in [0.2, 0.25) is 0 Å². The Balaban J connectivity index is 0.00000136. The van der Waals surface area contributed by atoms with Crippen LogP contribution in [0.5, 0.6) is 5.75 Å². The Morgan fingerprint density at radius 3 is 2.48 bits per heavy atom. The fourth-order valence-electron chi connectivity index (χ4n) is 4.47. The number of pyridine rings is 1. The van der Waals surface area contributed by atoms with Gasteiger partial charge in [0.15, 0.2) is 18.5 Å². The van der Waals surface area contributed by atoms with Gasteiger partial charge in [-0.3, -0.25) is 0 Å². The van der Waals surface area contributed by atoms with E-state index in [4.69, 9.17) is 4.74 Å². The molecule has 0 unspecified atom stereocenters. The zero-order valence-electron chi connectivity index (χ0n) is 17.0. The highest BCUT2D eigenvalue weighted by atomic mass is 79.9. The second-order valence-corrected chi connectivity index (χ2v) is 7.85. The second-order valence-electron chi connectivity index (χ2n) is 7.85. The minimum absolute atomic E-state index is 0. The summed E-state index contributed by atoms with van der Waals surface area (Å²) in [6.07, 6.45) is -0.690. The van der Waals surface area contributed by atoms with Crippen molar-refractivity contribution >= 4 is 32.6 Å². The molecular formula is C22H25BrN2O6. The van der Waals surface area contributed by atoms with Gasteiger partial charge < -0.3 is 52.6 Å². The van der Waals surface area contributed by atoms with Crippen molar-refractivity contribution in [2.75, 3.05) is 6.61 Å². The average Bonchev–Trinajstić information content (AvgIpc) is 3.09. The predicted molar refractivity (Wildman–Crippen MR) is 111 cm³/mol. The van der Waals surface area contributed by atoms with Gasteiger partial charge in [-0.15, -0.1) is 0 Å². The molecule has 1 aliphatic heterocycles. The van der Waals surface area contributed by atoms with Gasteiger partial charge in [0.2, 0.25) is 0 Å². The molecular weight excluding hydrogens is 468 g/mol. The van der Waals surface area contributed by atoms with Crippen molar-refractivity contribution in [3.63, 3.8) is 0 Å². The average molecular weight is 493 g/mol. The molecule has 0 bridgehead atoms. The van der Waals surface area contributed by atoms with Crippen LogP contribution in [0.15, 0.2) is 36.7 Å². The largest absolute Gasteiger partial charge is 1.00 e. The van der Waals surface area contributed by atoms with Crippen molar-refractivity contribution in [3.05, 3.63) is 47.8 Å². The topological polar surface area (TPSA) is 141 Å². The Labute approximate surface area is 188 Å². The molecule has 0 radical (unpaired) electrons. The van der Waals surface area contributed by atoms with Crippen molar-refractivity contribution in [3.8, 4) is 5.75 Å². The number of ether oxygens (including phenoxy) is 1. The standard InChI is InChI=1S/C22H22N2O5.BrH.H2O/c1-10-15-8-24(22-21(28)20(27)17(26)9-29-22)6-5-13(15)11(2)19-18(10)14-7-12(25)3-4-16(14)23-19;;/h3-8,17,20-22,25-28H,9H2,1-2H3;1H;1H2/t17-,20-,21+,22+;;/m0../s1. The first-order chi connectivity index (χ1) is 13.9. The molecule has 0 saturated carbocycles. The molecule has 9 heteroatoms. The molecule has 7 N–H and O–H groups in total. The summed E-state index contributed by atoms with van der Waals surface area (Å²) < 4.78 is 7.33. The van der Waals surface area contributed by atoms with Crippen LogP contribution < -0.4 is 21.5 Å². The maximum atomic E-state index is 10.4. The zero-order chi connectivity index (χ0) is 20.4. The van der Waals surface area contributed by atoms with E-state index in [1.165, 1.54) is 0 Å². The molecule has 1 aliphatic rings. The number of phenols is 1. The number of phenolic OH excluding ortho intramolecular Hbond substituents is 1. The molecule has 8 nitrogen and oxygen atoms in total. The highest BCUT2D eigenvalue weighted by Gasteiger charge is 2.43. The number of nitrogens with one attached hydrogen (secondary N) is 1. The highest BCUT2D eigenvalue weighted by molar-refractivity contribution is 6.16. The Bertz CT molecular complexity index is 1270. The number of benzene rings is 2. The van der Waals surface area contributed by atoms with Crippen molar-refractivity contribution in [2.45, 2.75) is 38.4 Å². The summed E-state index contributed by atoms with van der Waals surface area (Å²) in [6, 6.07) is 7.26. The Kier molecular flexibility index (Phi) is 6.30. The first-order valence-electron chi connectivity index (χ1n) is 9.60. The van der Waals surface area contributed by atoms with E-state index in [0.717, 1.165) is 43.7 Å². The molecule has 31 heavy (non-hydrogen) atoms. The minimum Gasteiger partial charge on any atom is -1.00 e. The summed E-state index contributed by atoms with van der Waals surface area (Å²) in [6.45, 7) is 4.03. The molecule has 4 aromatic rings. The van der Waals surface area contributed by atoms with E-state index in [0.29, 0.717) is 0 Å². The number of hydrogen-bond acceptors (Lipinski definition) is 5. The highest BCUT2D eigenvalue weighted by Crippen LogP contribution is 2.37. The van der Waals surface area contributed by atoms with Gasteiger partial charge >= 0.3 is 0 Å². The van der Waals surface area contributed by atoms with Crippen LogP contribution in [0.25, 0.3) is 32.6 Å². The summed E-state index contributed by atoms with van der Waals surface area (Å²) in [5, 5.41) is 44.1. The minimum atomic E-state index is -1.26. The third-order valence-corrected chi connectivity index (χ3v) is 6.09. The number of aliphatic hydroxyl groups is 3. The Morgan fingerprint density at radius 1 is 1.00 bits per heavy atom. The maximum absolute atomic E-state index is 10.4. The summed E-state index contributed by atoms with van der Waals surface area (Å²) in [4.78, 5) is 3.46. The van der Waals surface area contributed by atoms with Crippen LogP contribution in [0, 0.1) is 13.8 Å². The number of aromatic amines is 1. The fourth-order valence-corrected chi connectivity index (χ4v) is 4.47. The monoisotopic (exact) mass is 492 g/mol. The molecule has 0 spiro atoms. The lowest BCUT2D eigenvalue weighted by molar-refractivity contribution is -0.774. The van der Waals surface area contributed by atoms with Gasteiger partial charge in [-0.2, -0.15) is 4.57 Å². The normalized spacial score (nSPS) is 23.6. The number of fused-ring (bicyclic) bond motifs is 4. The fraction of sp³-hybridized carbons (Fsp3) is 0.318. The third-order valence-electron chi connectivity index (χ3n) is 6.09. The molecule has 0 amide bonds. The number of H-pyrrole nitrogens is 1. The van der Waals surface area contributed by atoms with E-state index in [1.807, 2.05) is 31.5 Å². The summed E-state index contributed by atoms with van der Waals surface area (Å²) in [5.41, 5.74) is 4.11. The molecule has 2 aromatic carbocycles. The maximum Gasteiger partial charge on any atom is 0.291 e. The van der Waals surface area contributed by atoms with E-state index < -0.39 is 24.5 Å². The van der Waals surface area contributed by atoms with Crippen LogP contribution in [0.4, 0.5) is 0 Å². The molecule has 5 rings (SSSR count). The van der Waals surface area contributed by atoms with E-state index in [-0.39, 0.29) is 34.8 Å². The SMILES string of the molecule is Cc1c2cc[n+]([C@@H]3OC[C@H](O)[C@H](O)[C@H]3O)cc2c(C)c2c1[nH]c1ccc(O)cc12.O.[Br-]. The number of rotatable bonds is 1. The smallest absolute Gasteiger partial charge is 0.291 e. The first kappa shape index (κ1) is 23.4. The van der Waals surface area contributed by atoms with Crippen LogP contribution >= 0.6 is 0 Å². The van der Waals surface area contributed by atoms with E-state index >= 15 is 0 Å². The summed E-state index contributed by atoms with van der Waals surface area (Å²) >= 11 is 0. The lowest BCUT2D eigenvalue weighted by Gasteiger charge is -2.31.